The van der Waals surface area contributed by atoms with Gasteiger partial charge in [-0.1, -0.05) is 44.4 Å². The van der Waals surface area contributed by atoms with E-state index in [9.17, 15) is 0 Å². The molecule has 0 aliphatic carbocycles. The van der Waals surface area contributed by atoms with Crippen LogP contribution < -0.4 is 4.74 Å². The summed E-state index contributed by atoms with van der Waals surface area (Å²) in [5, 5.41) is 0.771. The van der Waals surface area contributed by atoms with Crippen molar-refractivity contribution in [1.29, 1.82) is 0 Å². The monoisotopic (exact) mass is 280 g/mol. The Kier molecular flexibility index (Phi) is 8.04. The van der Waals surface area contributed by atoms with Gasteiger partial charge in [-0.3, -0.25) is 0 Å². The number of ether oxygens (including phenoxy) is 1. The number of hydrogen-bond acceptors (Lipinski definition) is 2. The van der Waals surface area contributed by atoms with E-state index in [1.54, 1.807) is 0 Å². The summed E-state index contributed by atoms with van der Waals surface area (Å²) < 4.78 is 5.83. The van der Waals surface area contributed by atoms with Gasteiger partial charge in [-0.15, -0.1) is 0 Å². The average molecular weight is 280 g/mol. The number of thioether (sulfide) groups is 1. The third-order valence-corrected chi connectivity index (χ3v) is 4.27. The van der Waals surface area contributed by atoms with Gasteiger partial charge in [0.25, 0.3) is 0 Å². The minimum Gasteiger partial charge on any atom is -0.493 e. The first kappa shape index (κ1) is 16.4. The Morgan fingerprint density at radius 3 is 2.47 bits per heavy atom. The minimum absolute atomic E-state index is 0.771. The van der Waals surface area contributed by atoms with Crippen LogP contribution in [0.1, 0.15) is 50.7 Å². The fourth-order valence-corrected chi connectivity index (χ4v) is 2.86. The Morgan fingerprint density at radius 1 is 1.05 bits per heavy atom. The Hall–Kier alpha value is -0.630. The summed E-state index contributed by atoms with van der Waals surface area (Å²) >= 11 is 2.06. The molecule has 2 heteroatoms. The van der Waals surface area contributed by atoms with Gasteiger partial charge in [-0.2, -0.15) is 11.8 Å². The highest BCUT2D eigenvalue weighted by molar-refractivity contribution is 7.99. The molecule has 0 spiro atoms. The highest BCUT2D eigenvalue weighted by atomic mass is 32.2. The molecule has 0 radical (unpaired) electrons. The Labute approximate surface area is 123 Å². The molecule has 0 unspecified atom stereocenters. The van der Waals surface area contributed by atoms with Crippen molar-refractivity contribution in [2.24, 2.45) is 0 Å². The van der Waals surface area contributed by atoms with Gasteiger partial charge in [-0.05, 0) is 49.3 Å². The highest BCUT2D eigenvalue weighted by Gasteiger charge is 1.99. The van der Waals surface area contributed by atoms with Crippen molar-refractivity contribution in [2.75, 3.05) is 12.4 Å². The molecule has 0 atom stereocenters. The lowest BCUT2D eigenvalue weighted by atomic mass is 10.1. The molecule has 0 aliphatic heterocycles. The molecule has 1 aromatic rings. The molecule has 0 fully saturated rings. The summed E-state index contributed by atoms with van der Waals surface area (Å²) in [5.74, 6) is 2.34. The zero-order valence-corrected chi connectivity index (χ0v) is 13.7. The maximum absolute atomic E-state index is 5.83. The van der Waals surface area contributed by atoms with E-state index in [1.165, 1.54) is 42.6 Å². The first-order chi connectivity index (χ1) is 9.09. The van der Waals surface area contributed by atoms with Crippen LogP contribution in [0.15, 0.2) is 18.2 Å². The fraction of sp³-hybridized carbons (Fsp3) is 0.647. The van der Waals surface area contributed by atoms with E-state index in [0.29, 0.717) is 0 Å². The molecule has 0 saturated carbocycles. The second-order valence-electron chi connectivity index (χ2n) is 5.45. The molecule has 0 aliphatic rings. The zero-order valence-electron chi connectivity index (χ0n) is 12.9. The third kappa shape index (κ3) is 7.51. The zero-order chi connectivity index (χ0) is 14.1. The maximum Gasteiger partial charge on any atom is 0.122 e. The van der Waals surface area contributed by atoms with Crippen LogP contribution in [0.4, 0.5) is 0 Å². The van der Waals surface area contributed by atoms with E-state index in [-0.39, 0.29) is 0 Å². The Morgan fingerprint density at radius 2 is 1.79 bits per heavy atom. The summed E-state index contributed by atoms with van der Waals surface area (Å²) in [5.41, 5.74) is 2.54. The van der Waals surface area contributed by atoms with Gasteiger partial charge in [0.15, 0.2) is 0 Å². The second kappa shape index (κ2) is 9.30. The molecule has 1 rings (SSSR count). The summed E-state index contributed by atoms with van der Waals surface area (Å²) in [6.07, 6.45) is 5.12. The van der Waals surface area contributed by atoms with Crippen LogP contribution in [0.5, 0.6) is 5.75 Å². The third-order valence-electron chi connectivity index (χ3n) is 3.08. The lowest BCUT2D eigenvalue weighted by Crippen LogP contribution is -1.99. The van der Waals surface area contributed by atoms with Crippen LogP contribution in [0.25, 0.3) is 0 Å². The van der Waals surface area contributed by atoms with Crippen molar-refractivity contribution >= 4 is 11.8 Å². The van der Waals surface area contributed by atoms with Crippen LogP contribution in [-0.4, -0.2) is 17.6 Å². The molecule has 0 aromatic heterocycles. The van der Waals surface area contributed by atoms with Crippen LogP contribution in [0.2, 0.25) is 0 Å². The summed E-state index contributed by atoms with van der Waals surface area (Å²) in [7, 11) is 0. The first-order valence-corrected chi connectivity index (χ1v) is 8.46. The van der Waals surface area contributed by atoms with Crippen molar-refractivity contribution in [3.8, 4) is 5.75 Å². The fourth-order valence-electron chi connectivity index (χ4n) is 2.02. The lowest BCUT2D eigenvalue weighted by molar-refractivity contribution is 0.303. The van der Waals surface area contributed by atoms with Crippen molar-refractivity contribution in [3.63, 3.8) is 0 Å². The van der Waals surface area contributed by atoms with Crippen molar-refractivity contribution in [1.82, 2.24) is 0 Å². The minimum atomic E-state index is 0.771. The quantitative estimate of drug-likeness (QED) is 0.561. The topological polar surface area (TPSA) is 9.23 Å². The molecule has 0 bridgehead atoms. The standard InChI is InChI=1S/C17H28OS/c1-14(2)19-12-8-6-5-7-11-18-17-10-9-15(3)13-16(17)4/h9-10,13-14H,5-8,11-12H2,1-4H3. The van der Waals surface area contributed by atoms with Crippen molar-refractivity contribution in [3.05, 3.63) is 29.3 Å². The molecule has 1 nitrogen and oxygen atoms in total. The highest BCUT2D eigenvalue weighted by Crippen LogP contribution is 2.19. The van der Waals surface area contributed by atoms with Crippen LogP contribution >= 0.6 is 11.8 Å². The lowest BCUT2D eigenvalue weighted by Gasteiger charge is -2.09. The molecule has 0 saturated heterocycles. The number of unbranched alkanes of at least 4 members (excludes halogenated alkanes) is 3. The average Bonchev–Trinajstić information content (AvgIpc) is 2.34. The number of benzene rings is 1. The van der Waals surface area contributed by atoms with E-state index in [4.69, 9.17) is 4.74 Å². The summed E-state index contributed by atoms with van der Waals surface area (Å²) in [4.78, 5) is 0. The number of aryl methyl sites for hydroxylation is 2. The molecule has 108 valence electrons. The molecular weight excluding hydrogens is 252 g/mol. The van der Waals surface area contributed by atoms with Gasteiger partial charge >= 0.3 is 0 Å². The van der Waals surface area contributed by atoms with Gasteiger partial charge in [-0.25, -0.2) is 0 Å². The van der Waals surface area contributed by atoms with Gasteiger partial charge in [0.05, 0.1) is 6.61 Å². The van der Waals surface area contributed by atoms with Gasteiger partial charge in [0.2, 0.25) is 0 Å². The number of rotatable bonds is 9. The van der Waals surface area contributed by atoms with Crippen LogP contribution in [0.3, 0.4) is 0 Å². The summed E-state index contributed by atoms with van der Waals surface area (Å²) in [6.45, 7) is 9.61. The van der Waals surface area contributed by atoms with E-state index in [2.05, 4.69) is 57.7 Å². The molecule has 0 N–H and O–H groups in total. The maximum atomic E-state index is 5.83. The Bertz CT molecular complexity index is 360. The second-order valence-corrected chi connectivity index (χ2v) is 7.14. The van der Waals surface area contributed by atoms with Gasteiger partial charge in [0.1, 0.15) is 5.75 Å². The van der Waals surface area contributed by atoms with Crippen LogP contribution in [-0.2, 0) is 0 Å². The molecule has 0 amide bonds. The van der Waals surface area contributed by atoms with Crippen molar-refractivity contribution < 1.29 is 4.74 Å². The molecule has 1 aromatic carbocycles. The molecule has 0 heterocycles. The van der Waals surface area contributed by atoms with Gasteiger partial charge < -0.3 is 4.74 Å². The predicted octanol–water partition coefficient (Wildman–Crippen LogP) is 5.38. The first-order valence-electron chi connectivity index (χ1n) is 7.41. The Balaban J connectivity index is 2.04. The smallest absolute Gasteiger partial charge is 0.122 e. The predicted molar refractivity (Wildman–Crippen MR) is 87.5 cm³/mol. The van der Waals surface area contributed by atoms with E-state index >= 15 is 0 Å². The van der Waals surface area contributed by atoms with E-state index in [1.807, 2.05) is 0 Å². The van der Waals surface area contributed by atoms with Gasteiger partial charge in [0, 0.05) is 0 Å². The number of hydrogen-bond donors (Lipinski definition) is 0. The largest absolute Gasteiger partial charge is 0.493 e. The normalized spacial score (nSPS) is 11.0. The SMILES string of the molecule is Cc1ccc(OCCCCCCSC(C)C)c(C)c1. The molecular formula is C17H28OS. The molecule has 19 heavy (non-hydrogen) atoms. The van der Waals surface area contributed by atoms with E-state index in [0.717, 1.165) is 17.6 Å². The van der Waals surface area contributed by atoms with Crippen molar-refractivity contribution in [2.45, 2.75) is 58.6 Å². The summed E-state index contributed by atoms with van der Waals surface area (Å²) in [6, 6.07) is 6.38. The van der Waals surface area contributed by atoms with E-state index < -0.39 is 0 Å². The van der Waals surface area contributed by atoms with Crippen LogP contribution in [0, 0.1) is 13.8 Å².